The molecule has 0 saturated heterocycles. The van der Waals surface area contributed by atoms with Crippen molar-refractivity contribution < 1.29 is 23.1 Å². The van der Waals surface area contributed by atoms with Crippen LogP contribution in [0.25, 0.3) is 0 Å². The second kappa shape index (κ2) is 3.73. The molecule has 0 bridgehead atoms. The molecule has 0 aliphatic rings. The van der Waals surface area contributed by atoms with Crippen molar-refractivity contribution >= 4 is 16.0 Å². The van der Waals surface area contributed by atoms with Crippen LogP contribution in [-0.2, 0) is 19.7 Å². The van der Waals surface area contributed by atoms with Crippen molar-refractivity contribution in [2.24, 2.45) is 0 Å². The van der Waals surface area contributed by atoms with Crippen molar-refractivity contribution in [3.8, 4) is 6.07 Å². The smallest absolute Gasteiger partial charge is 0.398 e. The van der Waals surface area contributed by atoms with Gasteiger partial charge in [-0.1, -0.05) is 0 Å². The molecule has 0 aromatic rings. The van der Waals surface area contributed by atoms with Gasteiger partial charge in [-0.05, 0) is 0 Å². The molecular formula is C5H4NO5S. The highest BCUT2D eigenvalue weighted by Gasteiger charge is 2.11. The van der Waals surface area contributed by atoms with Crippen LogP contribution in [0.2, 0.25) is 0 Å². The summed E-state index contributed by atoms with van der Waals surface area (Å²) in [5.41, 5.74) is 0. The lowest BCUT2D eigenvalue weighted by molar-refractivity contribution is 0.101. The molecular weight excluding hydrogens is 186 g/mol. The van der Waals surface area contributed by atoms with Gasteiger partial charge in [0.15, 0.2) is 14.7 Å². The van der Waals surface area contributed by atoms with E-state index in [0.29, 0.717) is 6.26 Å². The summed E-state index contributed by atoms with van der Waals surface area (Å²) in [7, 11) is -3.73. The lowest BCUT2D eigenvalue weighted by Gasteiger charge is -1.91. The fourth-order valence-electron chi connectivity index (χ4n) is 0.298. The minimum Gasteiger partial charge on any atom is -0.398 e. The Hall–Kier alpha value is -1.55. The van der Waals surface area contributed by atoms with Gasteiger partial charge in [0.2, 0.25) is 0 Å². The molecule has 0 heterocycles. The molecule has 0 aliphatic carbocycles. The maximum absolute atomic E-state index is 10.6. The number of nitrogens with zero attached hydrogens (tertiary/aromatic N) is 1. The number of sulfone groups is 1. The summed E-state index contributed by atoms with van der Waals surface area (Å²) in [5.74, 6) is 0. The van der Waals surface area contributed by atoms with Crippen LogP contribution in [0.4, 0.5) is 4.79 Å². The summed E-state index contributed by atoms with van der Waals surface area (Å²) in [5, 5.41) is 17.8. The Balaban J connectivity index is 4.73. The molecule has 0 aromatic heterocycles. The zero-order valence-electron chi connectivity index (χ0n) is 5.97. The van der Waals surface area contributed by atoms with Gasteiger partial charge in [0.1, 0.15) is 12.3 Å². The lowest BCUT2D eigenvalue weighted by atomic mass is 10.7. The summed E-state index contributed by atoms with van der Waals surface area (Å²) in [6.07, 6.45) is -0.864. The van der Waals surface area contributed by atoms with Crippen LogP contribution in [0.5, 0.6) is 0 Å². The van der Waals surface area contributed by atoms with Crippen LogP contribution >= 0.6 is 0 Å². The van der Waals surface area contributed by atoms with Crippen molar-refractivity contribution in [2.45, 2.75) is 0 Å². The first-order valence-electron chi connectivity index (χ1n) is 2.56. The van der Waals surface area contributed by atoms with Crippen LogP contribution in [0, 0.1) is 11.3 Å². The molecule has 0 aliphatic heterocycles. The molecule has 0 spiro atoms. The van der Waals surface area contributed by atoms with Crippen molar-refractivity contribution in [2.75, 3.05) is 6.26 Å². The van der Waals surface area contributed by atoms with E-state index >= 15 is 0 Å². The van der Waals surface area contributed by atoms with Crippen LogP contribution < -0.4 is 0 Å². The van der Waals surface area contributed by atoms with Gasteiger partial charge in [0.05, 0.1) is 0 Å². The summed E-state index contributed by atoms with van der Waals surface area (Å²) < 4.78 is 24.8. The quantitative estimate of drug-likeness (QED) is 0.345. The molecule has 0 saturated carbocycles. The Labute approximate surface area is 68.6 Å². The molecule has 0 rings (SSSR count). The first-order valence-corrected chi connectivity index (χ1v) is 4.45. The predicted octanol–water partition coefficient (Wildman–Crippen LogP) is -0.0369. The number of carbonyl (C=O) groups is 1. The third-order valence-corrected chi connectivity index (χ3v) is 1.76. The molecule has 1 radical (unpaired) electrons. The number of nitriles is 1. The second-order valence-corrected chi connectivity index (χ2v) is 3.72. The third-order valence-electron chi connectivity index (χ3n) is 0.772. The van der Waals surface area contributed by atoms with E-state index in [1.54, 1.807) is 0 Å². The normalized spacial score (nSPS) is 11.8. The number of hydrogen-bond acceptors (Lipinski definition) is 5. The fourth-order valence-corrected chi connectivity index (χ4v) is 0.687. The van der Waals surface area contributed by atoms with Gasteiger partial charge in [-0.3, -0.25) is 0 Å². The standard InChI is InChI=1S/C5H4NO5S/c1-12(9,10)4(2-6)3-11-5(7)8/h3H,1H3. The van der Waals surface area contributed by atoms with E-state index < -0.39 is 20.9 Å². The van der Waals surface area contributed by atoms with Crippen molar-refractivity contribution in [3.63, 3.8) is 0 Å². The predicted molar refractivity (Wildman–Crippen MR) is 35.7 cm³/mol. The number of ether oxygens (including phenoxy) is 1. The highest BCUT2D eigenvalue weighted by Crippen LogP contribution is 2.02. The van der Waals surface area contributed by atoms with Gasteiger partial charge >= 0.3 is 6.16 Å². The summed E-state index contributed by atoms with van der Waals surface area (Å²) in [6, 6.07) is 1.25. The molecule has 0 aromatic carbocycles. The van der Waals surface area contributed by atoms with Gasteiger partial charge in [-0.2, -0.15) is 15.2 Å². The summed E-state index contributed by atoms with van der Waals surface area (Å²) in [6.45, 7) is 0. The molecule has 0 fully saturated rings. The summed E-state index contributed by atoms with van der Waals surface area (Å²) in [4.78, 5) is 8.89. The zero-order chi connectivity index (χ0) is 9.78. The van der Waals surface area contributed by atoms with Gasteiger partial charge in [-0.25, -0.2) is 8.42 Å². The van der Waals surface area contributed by atoms with E-state index in [1.165, 1.54) is 6.07 Å². The molecule has 0 amide bonds. The Morgan fingerprint density at radius 1 is 1.58 bits per heavy atom. The Kier molecular flexibility index (Phi) is 3.25. The van der Waals surface area contributed by atoms with Gasteiger partial charge in [0, 0.05) is 6.26 Å². The van der Waals surface area contributed by atoms with Gasteiger partial charge in [-0.15, -0.1) is 0 Å². The molecule has 0 N–H and O–H groups in total. The topological polar surface area (TPSA) is 104 Å². The minimum absolute atomic E-state index is 0.310. The molecule has 0 unspecified atom stereocenters. The van der Waals surface area contributed by atoms with Crippen molar-refractivity contribution in [1.29, 1.82) is 5.26 Å². The molecule has 12 heavy (non-hydrogen) atoms. The molecule has 65 valence electrons. The maximum Gasteiger partial charge on any atom is 0.555 e. The fraction of sp³-hybridized carbons (Fsp3) is 0.200. The molecule has 7 heteroatoms. The Morgan fingerprint density at radius 2 is 2.08 bits per heavy atom. The second-order valence-electron chi connectivity index (χ2n) is 1.73. The molecule has 6 nitrogen and oxygen atoms in total. The lowest BCUT2D eigenvalue weighted by Crippen LogP contribution is -2.01. The largest absolute Gasteiger partial charge is 0.555 e. The Bertz CT molecular complexity index is 347. The first-order chi connectivity index (χ1) is 5.38. The first kappa shape index (κ1) is 10.4. The van der Waals surface area contributed by atoms with Crippen molar-refractivity contribution in [3.05, 3.63) is 11.2 Å². The van der Waals surface area contributed by atoms with E-state index in [-0.39, 0.29) is 0 Å². The van der Waals surface area contributed by atoms with Crippen LogP contribution in [0.15, 0.2) is 11.2 Å². The van der Waals surface area contributed by atoms with E-state index in [0.717, 1.165) is 6.26 Å². The number of allylic oxidation sites excluding steroid dienone is 1. The highest BCUT2D eigenvalue weighted by atomic mass is 32.2. The average molecular weight is 190 g/mol. The van der Waals surface area contributed by atoms with E-state index in [1.807, 2.05) is 0 Å². The monoisotopic (exact) mass is 190 g/mol. The zero-order valence-corrected chi connectivity index (χ0v) is 6.79. The minimum atomic E-state index is -3.73. The summed E-state index contributed by atoms with van der Waals surface area (Å²) >= 11 is 0. The van der Waals surface area contributed by atoms with Crippen LogP contribution in [0.1, 0.15) is 0 Å². The van der Waals surface area contributed by atoms with E-state index in [9.17, 15) is 18.3 Å². The highest BCUT2D eigenvalue weighted by molar-refractivity contribution is 7.94. The number of rotatable bonds is 2. The average Bonchev–Trinajstić information content (AvgIpc) is 1.85. The maximum atomic E-state index is 10.6. The van der Waals surface area contributed by atoms with Gasteiger partial charge < -0.3 is 4.74 Å². The van der Waals surface area contributed by atoms with Crippen LogP contribution in [0.3, 0.4) is 0 Å². The number of carbonyl (C=O) groups excluding carboxylic acids is 1. The van der Waals surface area contributed by atoms with E-state index in [4.69, 9.17) is 5.26 Å². The van der Waals surface area contributed by atoms with E-state index in [2.05, 4.69) is 4.74 Å². The molecule has 0 atom stereocenters. The van der Waals surface area contributed by atoms with Gasteiger partial charge in [0.25, 0.3) is 0 Å². The Morgan fingerprint density at radius 3 is 2.33 bits per heavy atom. The third kappa shape index (κ3) is 3.58. The van der Waals surface area contributed by atoms with Crippen molar-refractivity contribution in [1.82, 2.24) is 0 Å². The number of hydrogen-bond donors (Lipinski definition) is 0. The van der Waals surface area contributed by atoms with Crippen LogP contribution in [-0.4, -0.2) is 20.8 Å². The SMILES string of the molecule is CS(=O)(=O)C(C#N)=COC([O])=O.